The summed E-state index contributed by atoms with van der Waals surface area (Å²) in [6.45, 7) is 7.53. The Morgan fingerprint density at radius 3 is 3.28 bits per heavy atom. The quantitative estimate of drug-likeness (QED) is 0.634. The molecule has 1 aromatic rings. The van der Waals surface area contributed by atoms with E-state index >= 15 is 0 Å². The fraction of sp³-hybridized carbons (Fsp3) is 0.538. The summed E-state index contributed by atoms with van der Waals surface area (Å²) in [6, 6.07) is 0.318. The number of hydrogen-bond acceptors (Lipinski definition) is 5. The van der Waals surface area contributed by atoms with E-state index in [1.54, 1.807) is 0 Å². The SMILES string of the molecule is C=CCCCOc1nsnc1C1=CCCNC1C. The number of rotatable bonds is 6. The zero-order chi connectivity index (χ0) is 12.8. The molecule has 0 radical (unpaired) electrons. The van der Waals surface area contributed by atoms with Crippen LogP contribution in [0.5, 0.6) is 5.88 Å². The van der Waals surface area contributed by atoms with Gasteiger partial charge in [0.25, 0.3) is 5.88 Å². The number of hydrogen-bond donors (Lipinski definition) is 1. The highest BCUT2D eigenvalue weighted by Gasteiger charge is 2.21. The van der Waals surface area contributed by atoms with Gasteiger partial charge in [0.15, 0.2) is 0 Å². The zero-order valence-corrected chi connectivity index (χ0v) is 11.5. The lowest BCUT2D eigenvalue weighted by atomic mass is 10.0. The number of nitrogens with one attached hydrogen (secondary N) is 1. The normalized spacial score (nSPS) is 19.4. The average Bonchev–Trinajstić information content (AvgIpc) is 2.83. The Morgan fingerprint density at radius 1 is 1.61 bits per heavy atom. The maximum absolute atomic E-state index is 5.70. The van der Waals surface area contributed by atoms with Crippen molar-refractivity contribution in [3.63, 3.8) is 0 Å². The molecule has 18 heavy (non-hydrogen) atoms. The van der Waals surface area contributed by atoms with Crippen LogP contribution in [0.1, 0.15) is 31.9 Å². The maximum atomic E-state index is 5.70. The number of nitrogens with zero attached hydrogens (tertiary/aromatic N) is 2. The summed E-state index contributed by atoms with van der Waals surface area (Å²) in [5.74, 6) is 0.672. The molecule has 0 amide bonds. The minimum atomic E-state index is 0.318. The molecule has 0 saturated heterocycles. The summed E-state index contributed by atoms with van der Waals surface area (Å²) in [7, 11) is 0. The van der Waals surface area contributed by atoms with Crippen LogP contribution in [-0.2, 0) is 0 Å². The topological polar surface area (TPSA) is 47.0 Å². The fourth-order valence-corrected chi connectivity index (χ4v) is 2.48. The second kappa shape index (κ2) is 6.66. The van der Waals surface area contributed by atoms with Gasteiger partial charge in [-0.15, -0.1) is 11.0 Å². The van der Waals surface area contributed by atoms with Crippen molar-refractivity contribution in [3.05, 3.63) is 24.4 Å². The van der Waals surface area contributed by atoms with Crippen molar-refractivity contribution in [2.45, 2.75) is 32.2 Å². The van der Waals surface area contributed by atoms with Crippen LogP contribution in [0.25, 0.3) is 5.57 Å². The third-order valence-electron chi connectivity index (χ3n) is 2.95. The van der Waals surface area contributed by atoms with Gasteiger partial charge in [-0.25, -0.2) is 0 Å². The summed E-state index contributed by atoms with van der Waals surface area (Å²) in [6.07, 6.45) is 7.10. The first-order chi connectivity index (χ1) is 8.83. The number of allylic oxidation sites excluding steroid dienone is 1. The highest BCUT2D eigenvalue weighted by molar-refractivity contribution is 6.99. The minimum Gasteiger partial charge on any atom is -0.475 e. The van der Waals surface area contributed by atoms with Crippen molar-refractivity contribution in [1.82, 2.24) is 14.1 Å². The van der Waals surface area contributed by atoms with Crippen LogP contribution in [0.4, 0.5) is 0 Å². The molecule has 1 aromatic heterocycles. The van der Waals surface area contributed by atoms with Gasteiger partial charge in [-0.05, 0) is 38.3 Å². The van der Waals surface area contributed by atoms with Gasteiger partial charge >= 0.3 is 0 Å². The predicted molar refractivity (Wildman–Crippen MR) is 74.9 cm³/mol. The number of unbranched alkanes of at least 4 members (excludes halogenated alkanes) is 1. The van der Waals surface area contributed by atoms with Gasteiger partial charge < -0.3 is 10.1 Å². The Hall–Kier alpha value is -1.20. The Bertz CT molecular complexity index is 428. The molecular formula is C13H19N3OS. The minimum absolute atomic E-state index is 0.318. The Balaban J connectivity index is 2.02. The van der Waals surface area contributed by atoms with Gasteiger partial charge in [0.05, 0.1) is 18.3 Å². The molecule has 1 N–H and O–H groups in total. The second-order valence-corrected chi connectivity index (χ2v) is 4.85. The van der Waals surface area contributed by atoms with Gasteiger partial charge in [0, 0.05) is 6.04 Å². The average molecular weight is 265 g/mol. The molecular weight excluding hydrogens is 246 g/mol. The Morgan fingerprint density at radius 2 is 2.50 bits per heavy atom. The maximum Gasteiger partial charge on any atom is 0.253 e. The van der Waals surface area contributed by atoms with Gasteiger partial charge in [0.2, 0.25) is 0 Å². The number of aromatic nitrogens is 2. The molecule has 2 heterocycles. The molecule has 1 aliphatic rings. The highest BCUT2D eigenvalue weighted by atomic mass is 32.1. The van der Waals surface area contributed by atoms with Crippen molar-refractivity contribution >= 4 is 17.3 Å². The smallest absolute Gasteiger partial charge is 0.253 e. The number of ether oxygens (including phenoxy) is 1. The van der Waals surface area contributed by atoms with E-state index in [0.717, 1.165) is 31.5 Å². The van der Waals surface area contributed by atoms with Crippen molar-refractivity contribution < 1.29 is 4.74 Å². The summed E-state index contributed by atoms with van der Waals surface area (Å²) in [4.78, 5) is 0. The van der Waals surface area contributed by atoms with Crippen molar-refractivity contribution in [3.8, 4) is 5.88 Å². The molecule has 0 fully saturated rings. The van der Waals surface area contributed by atoms with Crippen molar-refractivity contribution in [2.75, 3.05) is 13.2 Å². The van der Waals surface area contributed by atoms with Crippen LogP contribution in [-0.4, -0.2) is 27.9 Å². The van der Waals surface area contributed by atoms with E-state index in [0.29, 0.717) is 18.5 Å². The summed E-state index contributed by atoms with van der Waals surface area (Å²) < 4.78 is 14.3. The lowest BCUT2D eigenvalue weighted by Gasteiger charge is -2.21. The lowest BCUT2D eigenvalue weighted by molar-refractivity contribution is 0.301. The van der Waals surface area contributed by atoms with Crippen LogP contribution in [0.2, 0.25) is 0 Å². The van der Waals surface area contributed by atoms with E-state index < -0.39 is 0 Å². The summed E-state index contributed by atoms with van der Waals surface area (Å²) in [5.41, 5.74) is 2.10. The van der Waals surface area contributed by atoms with Crippen LogP contribution in [0.3, 0.4) is 0 Å². The first kappa shape index (κ1) is 13.2. The Kier molecular flexibility index (Phi) is 4.90. The molecule has 0 saturated carbocycles. The largest absolute Gasteiger partial charge is 0.475 e. The zero-order valence-electron chi connectivity index (χ0n) is 10.7. The van der Waals surface area contributed by atoms with Crippen LogP contribution in [0, 0.1) is 0 Å². The molecule has 1 atom stereocenters. The van der Waals surface area contributed by atoms with E-state index in [2.05, 4.69) is 33.6 Å². The lowest BCUT2D eigenvalue weighted by Crippen LogP contribution is -2.31. The second-order valence-electron chi connectivity index (χ2n) is 4.32. The molecule has 98 valence electrons. The van der Waals surface area contributed by atoms with E-state index in [1.165, 1.54) is 17.3 Å². The van der Waals surface area contributed by atoms with E-state index in [9.17, 15) is 0 Å². The third-order valence-corrected chi connectivity index (χ3v) is 3.46. The monoisotopic (exact) mass is 265 g/mol. The first-order valence-corrected chi connectivity index (χ1v) is 7.06. The molecule has 0 aliphatic carbocycles. The van der Waals surface area contributed by atoms with Crippen molar-refractivity contribution in [2.24, 2.45) is 0 Å². The first-order valence-electron chi connectivity index (χ1n) is 6.33. The molecule has 0 bridgehead atoms. The molecule has 1 aliphatic heterocycles. The molecule has 2 rings (SSSR count). The fourth-order valence-electron chi connectivity index (χ4n) is 1.96. The Labute approximate surface area is 112 Å². The van der Waals surface area contributed by atoms with Crippen LogP contribution < -0.4 is 10.1 Å². The highest BCUT2D eigenvalue weighted by Crippen LogP contribution is 2.28. The third kappa shape index (κ3) is 3.17. The molecule has 4 nitrogen and oxygen atoms in total. The summed E-state index contributed by atoms with van der Waals surface area (Å²) >= 11 is 1.21. The van der Waals surface area contributed by atoms with Gasteiger partial charge in [0.1, 0.15) is 5.69 Å². The molecule has 0 spiro atoms. The van der Waals surface area contributed by atoms with Crippen molar-refractivity contribution in [1.29, 1.82) is 0 Å². The standard InChI is InChI=1S/C13H19N3OS/c1-3-4-5-9-17-13-12(15-18-16-13)11-7-6-8-14-10(11)2/h3,7,10,14H,1,4-6,8-9H2,2H3. The van der Waals surface area contributed by atoms with Crippen LogP contribution in [0.15, 0.2) is 18.7 Å². The molecule has 5 heteroatoms. The van der Waals surface area contributed by atoms with Gasteiger partial charge in [-0.2, -0.15) is 4.37 Å². The molecule has 0 aromatic carbocycles. The molecule has 1 unspecified atom stereocenters. The van der Waals surface area contributed by atoms with E-state index in [1.807, 2.05) is 6.08 Å². The van der Waals surface area contributed by atoms with E-state index in [4.69, 9.17) is 4.74 Å². The predicted octanol–water partition coefficient (Wildman–Crippen LogP) is 2.65. The van der Waals surface area contributed by atoms with Gasteiger partial charge in [-0.3, -0.25) is 0 Å². The summed E-state index contributed by atoms with van der Waals surface area (Å²) in [5, 5.41) is 3.42. The van der Waals surface area contributed by atoms with E-state index in [-0.39, 0.29) is 0 Å². The van der Waals surface area contributed by atoms with Gasteiger partial charge in [-0.1, -0.05) is 12.2 Å². The van der Waals surface area contributed by atoms with Crippen LogP contribution >= 0.6 is 11.7 Å².